The Morgan fingerprint density at radius 3 is 2.26 bits per heavy atom. The van der Waals surface area contributed by atoms with E-state index in [1.165, 1.54) is 0 Å². The van der Waals surface area contributed by atoms with Gasteiger partial charge in [0, 0.05) is 12.4 Å². The van der Waals surface area contributed by atoms with Gasteiger partial charge in [-0.15, -0.1) is 0 Å². The molecule has 0 fully saturated rings. The van der Waals surface area contributed by atoms with Crippen LogP contribution in [-0.2, 0) is 0 Å². The van der Waals surface area contributed by atoms with Crippen LogP contribution in [0.5, 0.6) is 5.75 Å². The Bertz CT molecular complexity index is 579. The number of benzene rings is 1. The van der Waals surface area contributed by atoms with Crippen molar-refractivity contribution in [3.05, 3.63) is 52.6 Å². The fourth-order valence-electron chi connectivity index (χ4n) is 2.07. The van der Waals surface area contributed by atoms with Crippen molar-refractivity contribution in [1.82, 2.24) is 9.97 Å². The fraction of sp³-hybridized carbons (Fsp3) is 0.333. The summed E-state index contributed by atoms with van der Waals surface area (Å²) in [6.07, 6.45) is 3.57. The largest absolute Gasteiger partial charge is 0.496 e. The van der Waals surface area contributed by atoms with Gasteiger partial charge in [-0.2, -0.15) is 0 Å². The second kappa shape index (κ2) is 5.36. The molecule has 2 aromatic rings. The van der Waals surface area contributed by atoms with Gasteiger partial charge in [0.15, 0.2) is 0 Å². The Morgan fingerprint density at radius 1 is 1.05 bits per heavy atom. The molecule has 0 amide bonds. The van der Waals surface area contributed by atoms with Crippen molar-refractivity contribution in [3.8, 4) is 5.75 Å². The Morgan fingerprint density at radius 2 is 1.68 bits per heavy atom. The highest BCUT2D eigenvalue weighted by atomic mass is 16.5. The van der Waals surface area contributed by atoms with Crippen LogP contribution in [0.15, 0.2) is 24.5 Å². The van der Waals surface area contributed by atoms with Crippen molar-refractivity contribution in [1.29, 1.82) is 0 Å². The summed E-state index contributed by atoms with van der Waals surface area (Å²) in [5.41, 5.74) is 10.5. The first-order valence-corrected chi connectivity index (χ1v) is 6.22. The maximum absolute atomic E-state index is 6.26. The third kappa shape index (κ3) is 2.74. The zero-order valence-electron chi connectivity index (χ0n) is 11.8. The highest BCUT2D eigenvalue weighted by Crippen LogP contribution is 2.27. The number of ether oxygens (including phenoxy) is 1. The topological polar surface area (TPSA) is 61.0 Å². The van der Waals surface area contributed by atoms with Gasteiger partial charge in [-0.3, -0.25) is 0 Å². The third-order valence-electron chi connectivity index (χ3n) is 3.20. The van der Waals surface area contributed by atoms with E-state index in [-0.39, 0.29) is 6.04 Å². The van der Waals surface area contributed by atoms with Crippen molar-refractivity contribution in [2.75, 3.05) is 7.11 Å². The molecule has 1 atom stereocenters. The normalized spacial score (nSPS) is 12.3. The number of nitrogens with zero attached hydrogens (tertiary/aromatic N) is 2. The van der Waals surface area contributed by atoms with Crippen LogP contribution in [0.2, 0.25) is 0 Å². The lowest BCUT2D eigenvalue weighted by Crippen LogP contribution is -2.17. The standard InChI is InChI=1S/C15H19N3O/c1-9-7-17-15(18-8-9)14(16)12-5-11(3)13(19-4)6-10(12)2/h5-8,14H,16H2,1-4H3. The molecule has 0 aliphatic rings. The van der Waals surface area contributed by atoms with Crippen LogP contribution in [-0.4, -0.2) is 17.1 Å². The lowest BCUT2D eigenvalue weighted by Gasteiger charge is -2.16. The van der Waals surface area contributed by atoms with Gasteiger partial charge in [-0.25, -0.2) is 9.97 Å². The second-order valence-corrected chi connectivity index (χ2v) is 4.77. The van der Waals surface area contributed by atoms with Crippen LogP contribution in [0.3, 0.4) is 0 Å². The van der Waals surface area contributed by atoms with Crippen molar-refractivity contribution >= 4 is 0 Å². The molecule has 4 heteroatoms. The second-order valence-electron chi connectivity index (χ2n) is 4.77. The SMILES string of the molecule is COc1cc(C)c(C(N)c2ncc(C)cn2)cc1C. The maximum Gasteiger partial charge on any atom is 0.149 e. The first-order valence-electron chi connectivity index (χ1n) is 6.22. The van der Waals surface area contributed by atoms with Crippen molar-refractivity contribution in [2.24, 2.45) is 5.73 Å². The minimum Gasteiger partial charge on any atom is -0.496 e. The summed E-state index contributed by atoms with van der Waals surface area (Å²) in [5, 5.41) is 0. The lowest BCUT2D eigenvalue weighted by atomic mass is 9.98. The van der Waals surface area contributed by atoms with Crippen molar-refractivity contribution < 1.29 is 4.74 Å². The molecule has 0 spiro atoms. The van der Waals surface area contributed by atoms with E-state index in [2.05, 4.69) is 9.97 Å². The number of rotatable bonds is 3. The van der Waals surface area contributed by atoms with Gasteiger partial charge < -0.3 is 10.5 Å². The molecule has 4 nitrogen and oxygen atoms in total. The molecule has 0 radical (unpaired) electrons. The number of methoxy groups -OCH3 is 1. The van der Waals surface area contributed by atoms with Crippen LogP contribution in [0.25, 0.3) is 0 Å². The Hall–Kier alpha value is -1.94. The highest BCUT2D eigenvalue weighted by molar-refractivity contribution is 5.44. The molecule has 1 aromatic heterocycles. The van der Waals surface area contributed by atoms with Crippen LogP contribution < -0.4 is 10.5 Å². The summed E-state index contributed by atoms with van der Waals surface area (Å²) in [5.74, 6) is 1.51. The van der Waals surface area contributed by atoms with Gasteiger partial charge >= 0.3 is 0 Å². The maximum atomic E-state index is 6.26. The molecular weight excluding hydrogens is 238 g/mol. The van der Waals surface area contributed by atoms with Gasteiger partial charge in [0.2, 0.25) is 0 Å². The molecule has 0 saturated heterocycles. The molecule has 100 valence electrons. The van der Waals surface area contributed by atoms with Gasteiger partial charge in [-0.1, -0.05) is 6.07 Å². The molecule has 1 unspecified atom stereocenters. The van der Waals surface area contributed by atoms with E-state index in [0.29, 0.717) is 5.82 Å². The summed E-state index contributed by atoms with van der Waals surface area (Å²) < 4.78 is 5.31. The third-order valence-corrected chi connectivity index (χ3v) is 3.20. The molecule has 1 heterocycles. The molecule has 1 aromatic carbocycles. The number of hydrogen-bond acceptors (Lipinski definition) is 4. The lowest BCUT2D eigenvalue weighted by molar-refractivity contribution is 0.411. The molecule has 0 aliphatic heterocycles. The first-order chi connectivity index (χ1) is 9.02. The molecule has 0 saturated carbocycles. The van der Waals surface area contributed by atoms with Crippen LogP contribution >= 0.6 is 0 Å². The summed E-state index contributed by atoms with van der Waals surface area (Å²) >= 11 is 0. The van der Waals surface area contributed by atoms with E-state index >= 15 is 0 Å². The van der Waals surface area contributed by atoms with Crippen molar-refractivity contribution in [2.45, 2.75) is 26.8 Å². The summed E-state index contributed by atoms with van der Waals surface area (Å²) in [6.45, 7) is 5.98. The van der Waals surface area contributed by atoms with Crippen LogP contribution in [0.4, 0.5) is 0 Å². The summed E-state index contributed by atoms with van der Waals surface area (Å²) in [4.78, 5) is 8.60. The van der Waals surface area contributed by atoms with Gasteiger partial charge in [0.25, 0.3) is 0 Å². The van der Waals surface area contributed by atoms with E-state index in [0.717, 1.165) is 28.0 Å². The molecular formula is C15H19N3O. The molecule has 2 rings (SSSR count). The number of aromatic nitrogens is 2. The van der Waals surface area contributed by atoms with Crippen LogP contribution in [0.1, 0.15) is 34.1 Å². The number of nitrogens with two attached hydrogens (primary N) is 1. The molecule has 0 aliphatic carbocycles. The van der Waals surface area contributed by atoms with Gasteiger partial charge in [-0.05, 0) is 49.1 Å². The van der Waals surface area contributed by atoms with E-state index in [4.69, 9.17) is 10.5 Å². The van der Waals surface area contributed by atoms with Crippen molar-refractivity contribution in [3.63, 3.8) is 0 Å². The van der Waals surface area contributed by atoms with Gasteiger partial charge in [0.05, 0.1) is 13.2 Å². The zero-order valence-corrected chi connectivity index (χ0v) is 11.8. The Balaban J connectivity index is 2.41. The molecule has 19 heavy (non-hydrogen) atoms. The van der Waals surface area contributed by atoms with E-state index in [1.807, 2.05) is 32.9 Å². The summed E-state index contributed by atoms with van der Waals surface area (Å²) in [7, 11) is 1.67. The minimum absolute atomic E-state index is 0.315. The zero-order chi connectivity index (χ0) is 14.0. The predicted molar refractivity (Wildman–Crippen MR) is 75.3 cm³/mol. The highest BCUT2D eigenvalue weighted by Gasteiger charge is 2.16. The van der Waals surface area contributed by atoms with E-state index in [9.17, 15) is 0 Å². The quantitative estimate of drug-likeness (QED) is 0.917. The fourth-order valence-corrected chi connectivity index (χ4v) is 2.07. The van der Waals surface area contributed by atoms with Gasteiger partial charge in [0.1, 0.15) is 11.6 Å². The average molecular weight is 257 g/mol. The molecule has 2 N–H and O–H groups in total. The minimum atomic E-state index is -0.315. The Kier molecular flexibility index (Phi) is 3.81. The Labute approximate surface area is 113 Å². The number of hydrogen-bond donors (Lipinski definition) is 1. The summed E-state index contributed by atoms with van der Waals surface area (Å²) in [6, 6.07) is 3.73. The monoisotopic (exact) mass is 257 g/mol. The number of aryl methyl sites for hydroxylation is 3. The van der Waals surface area contributed by atoms with E-state index in [1.54, 1.807) is 19.5 Å². The van der Waals surface area contributed by atoms with E-state index < -0.39 is 0 Å². The smallest absolute Gasteiger partial charge is 0.149 e. The van der Waals surface area contributed by atoms with Crippen LogP contribution in [0, 0.1) is 20.8 Å². The first kappa shape index (κ1) is 13.5. The average Bonchev–Trinajstić information content (AvgIpc) is 2.41. The predicted octanol–water partition coefficient (Wildman–Crippen LogP) is 2.46. The molecule has 0 bridgehead atoms.